The van der Waals surface area contributed by atoms with E-state index < -0.39 is 6.10 Å². The Morgan fingerprint density at radius 1 is 0.853 bits per heavy atom. The van der Waals surface area contributed by atoms with Gasteiger partial charge in [0.05, 0.1) is 24.2 Å². The second-order valence-electron chi connectivity index (χ2n) is 9.00. The van der Waals surface area contributed by atoms with Crippen LogP contribution in [0, 0.1) is 0 Å². The molecule has 2 fully saturated rings. The number of nitrogens with two attached hydrogens (primary N) is 1. The number of carbonyl (C=O) groups is 1. The van der Waals surface area contributed by atoms with Crippen LogP contribution in [0.3, 0.4) is 0 Å². The maximum absolute atomic E-state index is 13.6. The predicted molar refractivity (Wildman–Crippen MR) is 129 cm³/mol. The van der Waals surface area contributed by atoms with Crippen molar-refractivity contribution in [2.75, 3.05) is 0 Å². The molecular weight excluding hydrogens is 428 g/mol. The van der Waals surface area contributed by atoms with Crippen LogP contribution in [0.5, 0.6) is 0 Å². The summed E-state index contributed by atoms with van der Waals surface area (Å²) in [6, 6.07) is 26.7. The molecule has 2 saturated heterocycles. The maximum atomic E-state index is 13.6. The molecule has 0 bridgehead atoms. The summed E-state index contributed by atoms with van der Waals surface area (Å²) in [5, 5.41) is 23.5. The number of hydrogen-bond donors (Lipinski definition) is 3. The number of urea groups is 1. The van der Waals surface area contributed by atoms with Gasteiger partial charge >= 0.3 is 6.03 Å². The summed E-state index contributed by atoms with van der Waals surface area (Å²) in [5.41, 5.74) is 9.42. The van der Waals surface area contributed by atoms with Gasteiger partial charge in [0.25, 0.3) is 0 Å². The highest BCUT2D eigenvalue weighted by Crippen LogP contribution is 2.42. The van der Waals surface area contributed by atoms with Crippen molar-refractivity contribution in [3.05, 3.63) is 107 Å². The zero-order valence-corrected chi connectivity index (χ0v) is 18.7. The fourth-order valence-electron chi connectivity index (χ4n) is 5.09. The summed E-state index contributed by atoms with van der Waals surface area (Å²) in [6.45, 7) is 0.321. The average Bonchev–Trinajstić information content (AvgIpc) is 3.59. The van der Waals surface area contributed by atoms with Crippen molar-refractivity contribution in [1.82, 2.24) is 9.80 Å². The van der Waals surface area contributed by atoms with Crippen molar-refractivity contribution in [3.8, 4) is 0 Å². The fraction of sp³-hybridized carbons (Fsp3) is 0.259. The van der Waals surface area contributed by atoms with Crippen LogP contribution in [0.2, 0.25) is 0 Å². The van der Waals surface area contributed by atoms with E-state index in [0.717, 1.165) is 23.1 Å². The summed E-state index contributed by atoms with van der Waals surface area (Å²) < 4.78 is 0. The number of fused-ring (bicyclic) bond motifs is 1. The van der Waals surface area contributed by atoms with E-state index in [1.165, 1.54) is 0 Å². The lowest BCUT2D eigenvalue weighted by atomic mass is 9.94. The van der Waals surface area contributed by atoms with Crippen LogP contribution < -0.4 is 5.73 Å². The number of aliphatic hydroxyl groups is 1. The van der Waals surface area contributed by atoms with Crippen LogP contribution in [0.1, 0.15) is 22.3 Å². The third-order valence-electron chi connectivity index (χ3n) is 6.85. The Hall–Kier alpha value is -3.84. The van der Waals surface area contributed by atoms with Crippen LogP contribution in [0.25, 0.3) is 0 Å². The van der Waals surface area contributed by atoms with Crippen LogP contribution in [0.15, 0.2) is 90.1 Å². The van der Waals surface area contributed by atoms with Crippen molar-refractivity contribution in [2.45, 2.75) is 43.6 Å². The van der Waals surface area contributed by atoms with Gasteiger partial charge in [0.15, 0.2) is 5.84 Å². The average molecular weight is 457 g/mol. The highest BCUT2D eigenvalue weighted by molar-refractivity contribution is 5.97. The molecule has 7 heteroatoms. The van der Waals surface area contributed by atoms with Gasteiger partial charge in [-0.05, 0) is 35.6 Å². The summed E-state index contributed by atoms with van der Waals surface area (Å²) >= 11 is 0. The Bertz CT molecular complexity index is 1180. The van der Waals surface area contributed by atoms with Crippen LogP contribution in [0.4, 0.5) is 4.79 Å². The Kier molecular flexibility index (Phi) is 5.94. The van der Waals surface area contributed by atoms with Crippen LogP contribution in [-0.4, -0.2) is 56.2 Å². The van der Waals surface area contributed by atoms with Gasteiger partial charge in [0, 0.05) is 12.1 Å². The first-order valence-electron chi connectivity index (χ1n) is 11.5. The standard InChI is InChI=1S/C27H28N4O3/c28-26(29-34)21-13-7-12-20(14-21)17-30-23(16-19-10-5-2-6-11-19)25(32)24-22(31(24)27(30)33)15-18-8-3-1-4-9-18/h1-14,22-25,32,34H,15-17H2,(H2,28,29)/t22?,23-,24-,25+,31?/m1/s1. The highest BCUT2D eigenvalue weighted by Gasteiger charge is 2.62. The Morgan fingerprint density at radius 2 is 1.44 bits per heavy atom. The molecule has 3 aromatic rings. The molecule has 3 aromatic carbocycles. The van der Waals surface area contributed by atoms with E-state index in [9.17, 15) is 9.90 Å². The second-order valence-corrected chi connectivity index (χ2v) is 9.00. The van der Waals surface area contributed by atoms with Gasteiger partial charge in [-0.15, -0.1) is 0 Å². The first-order chi connectivity index (χ1) is 16.6. The molecule has 34 heavy (non-hydrogen) atoms. The van der Waals surface area contributed by atoms with Gasteiger partial charge < -0.3 is 25.8 Å². The Labute approximate surface area is 198 Å². The van der Waals surface area contributed by atoms with E-state index in [-0.39, 0.29) is 30.0 Å². The minimum absolute atomic E-state index is 0.0154. The minimum atomic E-state index is -0.668. The molecule has 0 spiro atoms. The molecule has 2 aliphatic heterocycles. The molecular formula is C27H28N4O3. The summed E-state index contributed by atoms with van der Waals surface area (Å²) in [4.78, 5) is 17.2. The van der Waals surface area contributed by atoms with Crippen molar-refractivity contribution in [2.24, 2.45) is 10.9 Å². The molecule has 2 amide bonds. The topological polar surface area (TPSA) is 102 Å². The number of oxime groups is 1. The summed E-state index contributed by atoms with van der Waals surface area (Å²) in [6.07, 6.45) is 0.619. The molecule has 5 rings (SSSR count). The van der Waals surface area contributed by atoms with Gasteiger partial charge in [-0.1, -0.05) is 84.0 Å². The van der Waals surface area contributed by atoms with Gasteiger partial charge in [-0.3, -0.25) is 0 Å². The normalized spacial score (nSPS) is 24.1. The lowest BCUT2D eigenvalue weighted by Crippen LogP contribution is -2.56. The Morgan fingerprint density at radius 3 is 2.06 bits per heavy atom. The molecule has 2 aliphatic rings. The van der Waals surface area contributed by atoms with Gasteiger partial charge in [-0.2, -0.15) is 0 Å². The molecule has 7 nitrogen and oxygen atoms in total. The predicted octanol–water partition coefficient (Wildman–Crippen LogP) is 2.98. The quantitative estimate of drug-likeness (QED) is 0.167. The number of rotatable bonds is 7. The SMILES string of the molecule is N/C(=N/O)c1cccc(CN2C(=O)N3C(Cc4ccccc4)[C@@H]3[C@@H](O)[C@H]2Cc2ccccc2)c1. The van der Waals surface area contributed by atoms with Crippen LogP contribution in [-0.2, 0) is 19.4 Å². The number of benzene rings is 3. The first-order valence-corrected chi connectivity index (χ1v) is 11.5. The zero-order chi connectivity index (χ0) is 23.7. The van der Waals surface area contributed by atoms with E-state index in [1.807, 2.05) is 71.6 Å². The van der Waals surface area contributed by atoms with E-state index in [4.69, 9.17) is 10.9 Å². The van der Waals surface area contributed by atoms with Crippen molar-refractivity contribution >= 4 is 11.9 Å². The fourth-order valence-corrected chi connectivity index (χ4v) is 5.09. The van der Waals surface area contributed by atoms with Crippen molar-refractivity contribution < 1.29 is 15.1 Å². The lowest BCUT2D eigenvalue weighted by molar-refractivity contribution is 0.0269. The number of aliphatic hydroxyl groups excluding tert-OH is 1. The zero-order valence-electron chi connectivity index (χ0n) is 18.7. The van der Waals surface area contributed by atoms with E-state index in [0.29, 0.717) is 18.5 Å². The smallest absolute Gasteiger partial charge is 0.321 e. The van der Waals surface area contributed by atoms with Crippen molar-refractivity contribution in [3.63, 3.8) is 0 Å². The second kappa shape index (κ2) is 9.19. The first kappa shape index (κ1) is 22.0. The van der Waals surface area contributed by atoms with E-state index >= 15 is 0 Å². The number of nitrogens with zero attached hydrogens (tertiary/aromatic N) is 3. The summed E-state index contributed by atoms with van der Waals surface area (Å²) in [5.74, 6) is 0.0154. The molecule has 174 valence electrons. The number of amides is 2. The number of amidine groups is 1. The molecule has 0 aromatic heterocycles. The third kappa shape index (κ3) is 4.22. The van der Waals surface area contributed by atoms with Crippen molar-refractivity contribution in [1.29, 1.82) is 0 Å². The minimum Gasteiger partial charge on any atom is -0.409 e. The molecule has 2 heterocycles. The monoisotopic (exact) mass is 456 g/mol. The lowest BCUT2D eigenvalue weighted by Gasteiger charge is -2.39. The highest BCUT2D eigenvalue weighted by atomic mass is 16.4. The van der Waals surface area contributed by atoms with Crippen LogP contribution >= 0.6 is 0 Å². The molecule has 4 atom stereocenters. The van der Waals surface area contributed by atoms with Gasteiger partial charge in [0.2, 0.25) is 0 Å². The maximum Gasteiger partial charge on any atom is 0.321 e. The number of carbonyl (C=O) groups excluding carboxylic acids is 1. The number of hydrogen-bond acceptors (Lipinski definition) is 4. The summed E-state index contributed by atoms with van der Waals surface area (Å²) in [7, 11) is 0. The Balaban J connectivity index is 1.43. The third-order valence-corrected chi connectivity index (χ3v) is 6.85. The van der Waals surface area contributed by atoms with Gasteiger partial charge in [-0.25, -0.2) is 4.79 Å². The molecule has 0 radical (unpaired) electrons. The van der Waals surface area contributed by atoms with E-state index in [2.05, 4.69) is 17.3 Å². The largest absolute Gasteiger partial charge is 0.409 e. The molecule has 0 aliphatic carbocycles. The molecule has 4 N–H and O–H groups in total. The van der Waals surface area contributed by atoms with Gasteiger partial charge in [0.1, 0.15) is 0 Å². The molecule has 1 unspecified atom stereocenters. The molecule has 0 saturated carbocycles. The van der Waals surface area contributed by atoms with E-state index in [1.54, 1.807) is 11.0 Å².